The van der Waals surface area contributed by atoms with Crippen molar-refractivity contribution in [1.29, 1.82) is 0 Å². The van der Waals surface area contributed by atoms with Crippen molar-refractivity contribution in [2.45, 2.75) is 26.4 Å². The molecule has 0 spiro atoms. The summed E-state index contributed by atoms with van der Waals surface area (Å²) in [7, 11) is 0. The molecule has 0 saturated heterocycles. The van der Waals surface area contributed by atoms with E-state index in [9.17, 15) is 13.2 Å². The Morgan fingerprint density at radius 2 is 1.75 bits per heavy atom. The van der Waals surface area contributed by atoms with Crippen molar-refractivity contribution in [2.24, 2.45) is 11.8 Å². The average Bonchev–Trinajstić information content (AvgIpc) is 1.88. The van der Waals surface area contributed by atoms with Gasteiger partial charge >= 0.3 is 6.18 Å². The van der Waals surface area contributed by atoms with Gasteiger partial charge in [0.05, 0.1) is 5.92 Å². The van der Waals surface area contributed by atoms with E-state index in [4.69, 9.17) is 5.11 Å². The zero-order chi connectivity index (χ0) is 9.07. The molecule has 0 aromatic rings. The van der Waals surface area contributed by atoms with Crippen LogP contribution in [-0.2, 0) is 0 Å². The van der Waals surface area contributed by atoms with Crippen molar-refractivity contribution in [3.05, 3.63) is 0 Å². The molecule has 0 aromatic carbocycles. The molecule has 0 aliphatic rings. The maximum Gasteiger partial charge on any atom is 0.391 e. The minimum Gasteiger partial charge on any atom is -0.396 e. The quantitative estimate of drug-likeness (QED) is 0.753. The molecular formula is C7H14ClF3O. The maximum atomic E-state index is 12.0. The highest BCUT2D eigenvalue weighted by atomic mass is 35.5. The summed E-state index contributed by atoms with van der Waals surface area (Å²) in [6, 6.07) is 0. The average molecular weight is 207 g/mol. The highest BCUT2D eigenvalue weighted by Gasteiger charge is 2.39. The van der Waals surface area contributed by atoms with Crippen LogP contribution in [0.5, 0.6) is 0 Å². The molecule has 1 nitrogen and oxygen atoms in total. The van der Waals surface area contributed by atoms with Crippen LogP contribution in [0.3, 0.4) is 0 Å². The van der Waals surface area contributed by atoms with Crippen LogP contribution in [0.4, 0.5) is 13.2 Å². The molecule has 0 aromatic heterocycles. The Kier molecular flexibility index (Phi) is 6.85. The minimum absolute atomic E-state index is 0. The monoisotopic (exact) mass is 206 g/mol. The van der Waals surface area contributed by atoms with Gasteiger partial charge in [-0.15, -0.1) is 12.4 Å². The number of aliphatic hydroxyl groups is 1. The van der Waals surface area contributed by atoms with Crippen LogP contribution in [0.25, 0.3) is 0 Å². The van der Waals surface area contributed by atoms with Gasteiger partial charge in [0, 0.05) is 6.61 Å². The van der Waals surface area contributed by atoms with E-state index in [2.05, 4.69) is 0 Å². The molecule has 5 heteroatoms. The third-order valence-electron chi connectivity index (χ3n) is 1.98. The molecule has 0 aliphatic carbocycles. The van der Waals surface area contributed by atoms with Crippen molar-refractivity contribution < 1.29 is 18.3 Å². The summed E-state index contributed by atoms with van der Waals surface area (Å²) < 4.78 is 35.9. The van der Waals surface area contributed by atoms with Gasteiger partial charge in [0.2, 0.25) is 0 Å². The lowest BCUT2D eigenvalue weighted by atomic mass is 9.92. The van der Waals surface area contributed by atoms with E-state index in [0.717, 1.165) is 6.92 Å². The molecule has 76 valence electrons. The van der Waals surface area contributed by atoms with Crippen LogP contribution in [-0.4, -0.2) is 17.9 Å². The van der Waals surface area contributed by atoms with Crippen molar-refractivity contribution in [2.75, 3.05) is 6.61 Å². The zero-order valence-corrected chi connectivity index (χ0v) is 7.87. The van der Waals surface area contributed by atoms with E-state index in [0.29, 0.717) is 6.42 Å². The van der Waals surface area contributed by atoms with Crippen molar-refractivity contribution in [1.82, 2.24) is 0 Å². The van der Waals surface area contributed by atoms with Gasteiger partial charge in [-0.1, -0.05) is 20.3 Å². The van der Waals surface area contributed by atoms with E-state index >= 15 is 0 Å². The molecule has 0 fully saturated rings. The summed E-state index contributed by atoms with van der Waals surface area (Å²) in [6.07, 6.45) is -3.82. The number of rotatable bonds is 3. The molecule has 0 aliphatic heterocycles. The lowest BCUT2D eigenvalue weighted by molar-refractivity contribution is -0.187. The molecule has 0 amide bonds. The third-order valence-corrected chi connectivity index (χ3v) is 1.98. The fourth-order valence-electron chi connectivity index (χ4n) is 0.908. The second-order valence-electron chi connectivity index (χ2n) is 2.68. The molecule has 12 heavy (non-hydrogen) atoms. The zero-order valence-electron chi connectivity index (χ0n) is 7.06. The summed E-state index contributed by atoms with van der Waals surface area (Å²) in [6.45, 7) is 2.35. The Labute approximate surface area is 76.4 Å². The van der Waals surface area contributed by atoms with Crippen molar-refractivity contribution in [3.8, 4) is 0 Å². The second kappa shape index (κ2) is 5.65. The van der Waals surface area contributed by atoms with Crippen LogP contribution >= 0.6 is 12.4 Å². The van der Waals surface area contributed by atoms with Crippen molar-refractivity contribution >= 4 is 12.4 Å². The van der Waals surface area contributed by atoms with Crippen LogP contribution in [0, 0.1) is 11.8 Å². The minimum atomic E-state index is -4.18. The van der Waals surface area contributed by atoms with Gasteiger partial charge in [0.15, 0.2) is 0 Å². The Morgan fingerprint density at radius 3 is 1.83 bits per heavy atom. The lowest BCUT2D eigenvalue weighted by Crippen LogP contribution is -2.29. The first kappa shape index (κ1) is 14.6. The molecule has 0 saturated carbocycles. The highest BCUT2D eigenvalue weighted by Crippen LogP contribution is 2.32. The largest absolute Gasteiger partial charge is 0.396 e. The van der Waals surface area contributed by atoms with E-state index in [1.54, 1.807) is 6.92 Å². The summed E-state index contributed by atoms with van der Waals surface area (Å²) in [5, 5.41) is 8.56. The topological polar surface area (TPSA) is 20.2 Å². The van der Waals surface area contributed by atoms with Crippen LogP contribution in [0.15, 0.2) is 0 Å². The van der Waals surface area contributed by atoms with Gasteiger partial charge in [-0.25, -0.2) is 0 Å². The predicted molar refractivity (Wildman–Crippen MR) is 43.3 cm³/mol. The van der Waals surface area contributed by atoms with E-state index in [1.165, 1.54) is 0 Å². The lowest BCUT2D eigenvalue weighted by Gasteiger charge is -2.22. The molecule has 0 radical (unpaired) electrons. The first-order valence-electron chi connectivity index (χ1n) is 3.61. The van der Waals surface area contributed by atoms with Gasteiger partial charge < -0.3 is 5.11 Å². The fraction of sp³-hybridized carbons (Fsp3) is 1.00. The summed E-state index contributed by atoms with van der Waals surface area (Å²) >= 11 is 0. The number of halogens is 4. The molecular weight excluding hydrogens is 193 g/mol. The first-order valence-corrected chi connectivity index (χ1v) is 3.61. The standard InChI is InChI=1S/C7H13F3O.ClH/c1-3-6(4-11)5(2)7(8,9)10;/h5-6,11H,3-4H2,1-2H3;1H. The number of alkyl halides is 3. The Balaban J connectivity index is 0. The summed E-state index contributed by atoms with van der Waals surface area (Å²) in [5.41, 5.74) is 0. The van der Waals surface area contributed by atoms with E-state index < -0.39 is 24.6 Å². The SMILES string of the molecule is CCC(CO)C(C)C(F)(F)F.Cl. The van der Waals surface area contributed by atoms with Gasteiger partial charge in [0.25, 0.3) is 0 Å². The van der Waals surface area contributed by atoms with Gasteiger partial charge in [-0.2, -0.15) is 13.2 Å². The van der Waals surface area contributed by atoms with Gasteiger partial charge in [-0.3, -0.25) is 0 Å². The van der Waals surface area contributed by atoms with Crippen LogP contribution in [0.1, 0.15) is 20.3 Å². The van der Waals surface area contributed by atoms with E-state index in [1.807, 2.05) is 0 Å². The summed E-state index contributed by atoms with van der Waals surface area (Å²) in [4.78, 5) is 0. The molecule has 0 rings (SSSR count). The Morgan fingerprint density at radius 1 is 1.33 bits per heavy atom. The molecule has 2 atom stereocenters. The fourth-order valence-corrected chi connectivity index (χ4v) is 0.908. The van der Waals surface area contributed by atoms with Crippen LogP contribution < -0.4 is 0 Å². The molecule has 2 unspecified atom stereocenters. The predicted octanol–water partition coefficient (Wildman–Crippen LogP) is 2.63. The van der Waals surface area contributed by atoms with Gasteiger partial charge in [0.1, 0.15) is 0 Å². The highest BCUT2D eigenvalue weighted by molar-refractivity contribution is 5.85. The maximum absolute atomic E-state index is 12.0. The molecule has 0 heterocycles. The first-order chi connectivity index (χ1) is 4.93. The van der Waals surface area contributed by atoms with E-state index in [-0.39, 0.29) is 12.4 Å². The number of hydrogen-bond acceptors (Lipinski definition) is 1. The Hall–Kier alpha value is 0.0400. The third kappa shape index (κ3) is 4.16. The van der Waals surface area contributed by atoms with Gasteiger partial charge in [-0.05, 0) is 5.92 Å². The Bertz CT molecular complexity index is 112. The second-order valence-corrected chi connectivity index (χ2v) is 2.68. The van der Waals surface area contributed by atoms with Crippen molar-refractivity contribution in [3.63, 3.8) is 0 Å². The normalized spacial score (nSPS) is 16.5. The molecule has 1 N–H and O–H groups in total. The molecule has 0 bridgehead atoms. The number of hydrogen-bond donors (Lipinski definition) is 1. The summed E-state index contributed by atoms with van der Waals surface area (Å²) in [5.74, 6) is -2.06. The smallest absolute Gasteiger partial charge is 0.391 e. The number of aliphatic hydroxyl groups excluding tert-OH is 1. The van der Waals surface area contributed by atoms with Crippen LogP contribution in [0.2, 0.25) is 0 Å².